The number of thiophene rings is 1. The average molecular weight is 367 g/mol. The third-order valence-corrected chi connectivity index (χ3v) is 6.03. The zero-order valence-electron chi connectivity index (χ0n) is 13.8. The molecule has 6 nitrogen and oxygen atoms in total. The van der Waals surface area contributed by atoms with E-state index in [1.807, 2.05) is 36.5 Å². The fourth-order valence-electron chi connectivity index (χ4n) is 2.22. The Morgan fingerprint density at radius 3 is 2.38 bits per heavy atom. The van der Waals surface area contributed by atoms with Crippen molar-refractivity contribution in [3.63, 3.8) is 0 Å². The highest BCUT2D eigenvalue weighted by Crippen LogP contribution is 2.23. The van der Waals surface area contributed by atoms with Crippen LogP contribution in [0, 0.1) is 0 Å². The normalized spacial score (nSPS) is 13.0. The molecule has 2 N–H and O–H groups in total. The molecule has 0 unspecified atom stereocenters. The Labute approximate surface area is 146 Å². The van der Waals surface area contributed by atoms with Crippen molar-refractivity contribution in [2.45, 2.75) is 10.9 Å². The Morgan fingerprint density at radius 2 is 1.88 bits per heavy atom. The van der Waals surface area contributed by atoms with Crippen LogP contribution in [0.5, 0.6) is 0 Å². The number of sulfonamides is 1. The minimum atomic E-state index is -3.63. The summed E-state index contributed by atoms with van der Waals surface area (Å²) in [5, 5.41) is 4.47. The van der Waals surface area contributed by atoms with Gasteiger partial charge < -0.3 is 10.2 Å². The quantitative estimate of drug-likeness (QED) is 0.781. The lowest BCUT2D eigenvalue weighted by Gasteiger charge is -2.23. The summed E-state index contributed by atoms with van der Waals surface area (Å²) in [4.78, 5) is 14.7. The van der Waals surface area contributed by atoms with Crippen LogP contribution in [0.1, 0.15) is 21.3 Å². The molecule has 130 valence electrons. The maximum absolute atomic E-state index is 12.5. The van der Waals surface area contributed by atoms with E-state index in [2.05, 4.69) is 10.0 Å². The van der Waals surface area contributed by atoms with Gasteiger partial charge in [-0.2, -0.15) is 0 Å². The summed E-state index contributed by atoms with van der Waals surface area (Å²) in [7, 11) is 1.72. The third-order valence-electron chi connectivity index (χ3n) is 3.62. The smallest absolute Gasteiger partial charge is 0.251 e. The van der Waals surface area contributed by atoms with Crippen molar-refractivity contribution >= 4 is 27.3 Å². The molecule has 0 bridgehead atoms. The number of hydrogen-bond acceptors (Lipinski definition) is 5. The second-order valence-corrected chi connectivity index (χ2v) is 8.20. The molecule has 24 heavy (non-hydrogen) atoms. The summed E-state index contributed by atoms with van der Waals surface area (Å²) in [6.07, 6.45) is 0. The number of rotatable bonds is 7. The molecule has 0 aliphatic rings. The van der Waals surface area contributed by atoms with Gasteiger partial charge in [0.05, 0.1) is 10.9 Å². The number of carbonyl (C=O) groups excluding carboxylic acids is 1. The van der Waals surface area contributed by atoms with Crippen LogP contribution in [0.2, 0.25) is 0 Å². The predicted molar refractivity (Wildman–Crippen MR) is 95.8 cm³/mol. The summed E-state index contributed by atoms with van der Waals surface area (Å²) in [6, 6.07) is 9.76. The maximum Gasteiger partial charge on any atom is 0.251 e. The monoisotopic (exact) mass is 367 g/mol. The molecule has 0 aliphatic carbocycles. The minimum absolute atomic E-state index is 0.0371. The second-order valence-electron chi connectivity index (χ2n) is 5.45. The summed E-state index contributed by atoms with van der Waals surface area (Å²) < 4.78 is 27.5. The molecule has 2 rings (SSSR count). The predicted octanol–water partition coefficient (Wildman–Crippen LogP) is 1.69. The fourth-order valence-corrected chi connectivity index (χ4v) is 4.18. The number of hydrogen-bond donors (Lipinski definition) is 2. The highest BCUT2D eigenvalue weighted by atomic mass is 32.2. The molecule has 1 aromatic heterocycles. The van der Waals surface area contributed by atoms with Crippen LogP contribution in [0.4, 0.5) is 0 Å². The van der Waals surface area contributed by atoms with Crippen LogP contribution in [0.25, 0.3) is 0 Å². The second kappa shape index (κ2) is 7.89. The van der Waals surface area contributed by atoms with Gasteiger partial charge >= 0.3 is 0 Å². The van der Waals surface area contributed by atoms with Crippen molar-refractivity contribution in [2.24, 2.45) is 0 Å². The van der Waals surface area contributed by atoms with E-state index in [0.29, 0.717) is 5.56 Å². The molecule has 8 heteroatoms. The van der Waals surface area contributed by atoms with Crippen molar-refractivity contribution < 1.29 is 13.2 Å². The first-order valence-electron chi connectivity index (χ1n) is 7.37. The Bertz CT molecular complexity index is 769. The zero-order valence-corrected chi connectivity index (χ0v) is 15.4. The maximum atomic E-state index is 12.5. The molecule has 1 heterocycles. The molecule has 2 aromatic rings. The van der Waals surface area contributed by atoms with Gasteiger partial charge in [0.1, 0.15) is 0 Å². The van der Waals surface area contributed by atoms with Crippen LogP contribution in [0.15, 0.2) is 46.7 Å². The molecular weight excluding hydrogens is 346 g/mol. The van der Waals surface area contributed by atoms with Crippen molar-refractivity contribution in [2.75, 3.05) is 27.7 Å². The number of nitrogens with one attached hydrogen (secondary N) is 2. The lowest BCUT2D eigenvalue weighted by molar-refractivity contribution is 0.0963. The van der Waals surface area contributed by atoms with E-state index >= 15 is 0 Å². The molecule has 0 saturated heterocycles. The summed E-state index contributed by atoms with van der Waals surface area (Å²) in [6.45, 7) is 0.271. The molecular formula is C16H21N3O3S2. The largest absolute Gasteiger partial charge is 0.355 e. The van der Waals surface area contributed by atoms with Crippen molar-refractivity contribution in [3.05, 3.63) is 52.2 Å². The van der Waals surface area contributed by atoms with Crippen molar-refractivity contribution in [1.82, 2.24) is 14.9 Å². The Morgan fingerprint density at radius 1 is 1.21 bits per heavy atom. The lowest BCUT2D eigenvalue weighted by atomic mass is 10.2. The topological polar surface area (TPSA) is 78.5 Å². The number of benzene rings is 1. The van der Waals surface area contributed by atoms with Crippen LogP contribution in [0.3, 0.4) is 0 Å². The van der Waals surface area contributed by atoms with Gasteiger partial charge in [-0.1, -0.05) is 6.07 Å². The fraction of sp³-hybridized carbons (Fsp3) is 0.312. The molecule has 1 atom stereocenters. The molecule has 0 spiro atoms. The average Bonchev–Trinajstić information content (AvgIpc) is 3.08. The standard InChI is InChI=1S/C16H21N3O3S2/c1-17-16(20)12-6-8-13(9-7-12)24(21,22)18-11-14(19(2)3)15-5-4-10-23-15/h4-10,14,18H,11H2,1-3H3,(H,17,20)/t14-/m1/s1. The van der Waals surface area contributed by atoms with Gasteiger partial charge in [-0.15, -0.1) is 11.3 Å². The van der Waals surface area contributed by atoms with Gasteiger partial charge in [-0.3, -0.25) is 4.79 Å². The van der Waals surface area contributed by atoms with Crippen molar-refractivity contribution in [3.8, 4) is 0 Å². The van der Waals surface area contributed by atoms with Gasteiger partial charge in [0.15, 0.2) is 0 Å². The highest BCUT2D eigenvalue weighted by Gasteiger charge is 2.20. The Kier molecular flexibility index (Phi) is 6.11. The van der Waals surface area contributed by atoms with Gasteiger partial charge in [0.2, 0.25) is 10.0 Å². The van der Waals surface area contributed by atoms with Gasteiger partial charge in [-0.05, 0) is 49.8 Å². The first kappa shape index (κ1) is 18.6. The lowest BCUT2D eigenvalue weighted by Crippen LogP contribution is -2.34. The summed E-state index contributed by atoms with van der Waals surface area (Å²) in [5.41, 5.74) is 0.418. The van der Waals surface area contributed by atoms with Crippen LogP contribution in [-0.4, -0.2) is 46.9 Å². The number of likely N-dealkylation sites (N-methyl/N-ethyl adjacent to an activating group) is 1. The Balaban J connectivity index is 2.11. The molecule has 0 aliphatic heterocycles. The van der Waals surface area contributed by atoms with E-state index in [0.717, 1.165) is 4.88 Å². The van der Waals surface area contributed by atoms with Gasteiger partial charge in [-0.25, -0.2) is 13.1 Å². The van der Waals surface area contributed by atoms with Crippen LogP contribution >= 0.6 is 11.3 Å². The minimum Gasteiger partial charge on any atom is -0.355 e. The summed E-state index contributed by atoms with van der Waals surface area (Å²) >= 11 is 1.59. The van der Waals surface area contributed by atoms with Gasteiger partial charge in [0, 0.05) is 24.0 Å². The molecule has 1 amide bonds. The number of carbonyl (C=O) groups is 1. The molecule has 0 fully saturated rings. The number of nitrogens with zero attached hydrogens (tertiary/aromatic N) is 1. The first-order valence-corrected chi connectivity index (χ1v) is 9.73. The molecule has 1 aromatic carbocycles. The summed E-state index contributed by atoms with van der Waals surface area (Å²) in [5.74, 6) is -0.253. The van der Waals surface area contributed by atoms with Crippen LogP contribution in [-0.2, 0) is 10.0 Å². The first-order chi connectivity index (χ1) is 11.3. The molecule has 0 saturated carbocycles. The van der Waals surface area contributed by atoms with E-state index in [9.17, 15) is 13.2 Å². The Hall–Kier alpha value is -1.74. The zero-order chi connectivity index (χ0) is 17.7. The van der Waals surface area contributed by atoms with Crippen LogP contribution < -0.4 is 10.0 Å². The van der Waals surface area contributed by atoms with Crippen molar-refractivity contribution in [1.29, 1.82) is 0 Å². The molecule has 0 radical (unpaired) electrons. The van der Waals surface area contributed by atoms with E-state index in [1.54, 1.807) is 11.3 Å². The SMILES string of the molecule is CNC(=O)c1ccc(S(=O)(=O)NC[C@H](c2cccs2)N(C)C)cc1. The number of amides is 1. The van der Waals surface area contributed by atoms with E-state index in [1.165, 1.54) is 31.3 Å². The van der Waals surface area contributed by atoms with E-state index in [4.69, 9.17) is 0 Å². The third kappa shape index (κ3) is 4.41. The van der Waals surface area contributed by atoms with E-state index in [-0.39, 0.29) is 23.4 Å². The van der Waals surface area contributed by atoms with E-state index < -0.39 is 10.0 Å². The highest BCUT2D eigenvalue weighted by molar-refractivity contribution is 7.89. The van der Waals surface area contributed by atoms with Gasteiger partial charge in [0.25, 0.3) is 5.91 Å².